The first-order valence-corrected chi connectivity index (χ1v) is 14.9. The maximum Gasteiger partial charge on any atom is 0.573 e. The van der Waals surface area contributed by atoms with Crippen LogP contribution in [0.25, 0.3) is 0 Å². The van der Waals surface area contributed by atoms with Gasteiger partial charge < -0.3 is 19.9 Å². The van der Waals surface area contributed by atoms with Crippen LogP contribution in [0.3, 0.4) is 0 Å². The first kappa shape index (κ1) is 26.1. The molecule has 6 fully saturated rings. The molecule has 40 heavy (non-hydrogen) atoms. The van der Waals surface area contributed by atoms with Gasteiger partial charge >= 0.3 is 6.36 Å². The standard InChI is InChI=1S/C29H38F3N7O/c30-29(31,32)40-24-6-4-23(5-7-24)33-25-34-26(37-8-2-1-3-9-37)36-27(35-25)38-10-12-39(13-11-38)28-17-20-14-21(18-28)16-22(15-20)19-28/h4-7,20-22H,1-3,8-19H2,(H,33,34,35,36). The molecule has 4 aliphatic carbocycles. The Labute approximate surface area is 233 Å². The molecule has 4 bridgehead atoms. The molecule has 8 nitrogen and oxygen atoms in total. The molecule has 2 saturated heterocycles. The third-order valence-electron chi connectivity index (χ3n) is 9.83. The van der Waals surface area contributed by atoms with Gasteiger partial charge in [0.2, 0.25) is 17.8 Å². The van der Waals surface area contributed by atoms with E-state index in [9.17, 15) is 13.2 Å². The van der Waals surface area contributed by atoms with Gasteiger partial charge in [-0.2, -0.15) is 15.0 Å². The van der Waals surface area contributed by atoms with E-state index in [1.54, 1.807) is 0 Å². The molecule has 0 radical (unpaired) electrons. The highest BCUT2D eigenvalue weighted by Crippen LogP contribution is 2.57. The second-order valence-electron chi connectivity index (χ2n) is 12.6. The second-order valence-corrected chi connectivity index (χ2v) is 12.6. The van der Waals surface area contributed by atoms with Crippen LogP contribution in [0.15, 0.2) is 24.3 Å². The minimum absolute atomic E-state index is 0.264. The summed E-state index contributed by atoms with van der Waals surface area (Å²) in [6.07, 6.45) is 7.20. The normalized spacial score (nSPS) is 30.5. The molecule has 6 aliphatic rings. The van der Waals surface area contributed by atoms with Crippen molar-refractivity contribution in [2.24, 2.45) is 17.8 Å². The first-order valence-electron chi connectivity index (χ1n) is 14.9. The number of halogens is 3. The van der Waals surface area contributed by atoms with Crippen LogP contribution in [0.5, 0.6) is 5.75 Å². The van der Waals surface area contributed by atoms with Crippen molar-refractivity contribution in [3.05, 3.63) is 24.3 Å². The molecule has 1 N–H and O–H groups in total. The number of alkyl halides is 3. The van der Waals surface area contributed by atoms with E-state index in [1.807, 2.05) is 0 Å². The fourth-order valence-electron chi connectivity index (χ4n) is 8.49. The second kappa shape index (κ2) is 10.2. The molecule has 8 rings (SSSR count). The third-order valence-corrected chi connectivity index (χ3v) is 9.83. The van der Waals surface area contributed by atoms with Crippen LogP contribution in [0.1, 0.15) is 57.8 Å². The van der Waals surface area contributed by atoms with Gasteiger partial charge in [0.1, 0.15) is 5.75 Å². The summed E-state index contributed by atoms with van der Waals surface area (Å²) in [5.41, 5.74) is 0.996. The van der Waals surface area contributed by atoms with Crippen LogP contribution < -0.4 is 19.9 Å². The molecule has 1 aromatic heterocycles. The van der Waals surface area contributed by atoms with Gasteiger partial charge in [-0.05, 0) is 99.8 Å². The summed E-state index contributed by atoms with van der Waals surface area (Å²) in [5.74, 6) is 4.26. The first-order chi connectivity index (χ1) is 19.3. The minimum Gasteiger partial charge on any atom is -0.406 e. The summed E-state index contributed by atoms with van der Waals surface area (Å²) >= 11 is 0. The molecule has 2 aromatic rings. The molecule has 0 unspecified atom stereocenters. The molecular weight excluding hydrogens is 519 g/mol. The SMILES string of the molecule is FC(F)(F)Oc1ccc(Nc2nc(N3CCCCC3)nc(N3CCN(C45CC6CC(CC(C6)C4)C5)CC3)n2)cc1. The third kappa shape index (κ3) is 5.41. The fraction of sp³-hybridized carbons (Fsp3) is 0.690. The van der Waals surface area contributed by atoms with Crippen LogP contribution in [0, 0.1) is 17.8 Å². The molecule has 1 aromatic carbocycles. The number of aromatic nitrogens is 3. The molecule has 0 spiro atoms. The summed E-state index contributed by atoms with van der Waals surface area (Å²) in [6, 6.07) is 5.64. The van der Waals surface area contributed by atoms with E-state index in [0.717, 1.165) is 69.9 Å². The Hall–Kier alpha value is -2.82. The maximum atomic E-state index is 12.6. The Kier molecular flexibility index (Phi) is 6.67. The largest absolute Gasteiger partial charge is 0.573 e. The van der Waals surface area contributed by atoms with Crippen LogP contribution in [-0.4, -0.2) is 71.0 Å². The average molecular weight is 558 g/mol. The van der Waals surface area contributed by atoms with Gasteiger partial charge in [0.25, 0.3) is 0 Å². The number of piperidine rings is 1. The lowest BCUT2D eigenvalue weighted by Gasteiger charge is -2.61. The van der Waals surface area contributed by atoms with Crippen molar-refractivity contribution in [1.82, 2.24) is 19.9 Å². The predicted octanol–water partition coefficient (Wildman–Crippen LogP) is 5.59. The van der Waals surface area contributed by atoms with Crippen LogP contribution >= 0.6 is 0 Å². The van der Waals surface area contributed by atoms with Gasteiger partial charge in [-0.25, -0.2) is 0 Å². The summed E-state index contributed by atoms with van der Waals surface area (Å²) < 4.78 is 41.7. The predicted molar refractivity (Wildman–Crippen MR) is 147 cm³/mol. The number of nitrogens with zero attached hydrogens (tertiary/aromatic N) is 6. The highest BCUT2D eigenvalue weighted by molar-refractivity contribution is 5.57. The molecule has 0 amide bonds. The lowest BCUT2D eigenvalue weighted by Crippen LogP contribution is -2.64. The molecule has 0 atom stereocenters. The minimum atomic E-state index is -4.72. The number of nitrogens with one attached hydrogen (secondary N) is 1. The lowest BCUT2D eigenvalue weighted by atomic mass is 9.52. The van der Waals surface area contributed by atoms with Crippen molar-refractivity contribution in [1.29, 1.82) is 0 Å². The lowest BCUT2D eigenvalue weighted by molar-refractivity contribution is -0.274. The number of ether oxygens (including phenoxy) is 1. The number of anilines is 4. The van der Waals surface area contributed by atoms with Gasteiger partial charge in [0.15, 0.2) is 0 Å². The summed E-state index contributed by atoms with van der Waals surface area (Å²) in [5, 5.41) is 3.19. The molecular formula is C29H38F3N7O. The molecule has 4 saturated carbocycles. The zero-order valence-corrected chi connectivity index (χ0v) is 22.9. The monoisotopic (exact) mass is 557 g/mol. The van der Waals surface area contributed by atoms with Gasteiger partial charge in [-0.15, -0.1) is 13.2 Å². The van der Waals surface area contributed by atoms with Crippen molar-refractivity contribution in [2.75, 3.05) is 54.4 Å². The summed E-state index contributed by atoms with van der Waals surface area (Å²) in [7, 11) is 0. The van der Waals surface area contributed by atoms with Crippen LogP contribution in [0.4, 0.5) is 36.7 Å². The molecule has 3 heterocycles. The van der Waals surface area contributed by atoms with Gasteiger partial charge in [-0.3, -0.25) is 4.90 Å². The Bertz CT molecular complexity index is 1160. The number of hydrogen-bond donors (Lipinski definition) is 1. The molecule has 11 heteroatoms. The highest BCUT2D eigenvalue weighted by atomic mass is 19.4. The fourth-order valence-corrected chi connectivity index (χ4v) is 8.49. The molecule has 2 aliphatic heterocycles. The topological polar surface area (TPSA) is 69.7 Å². The van der Waals surface area contributed by atoms with Crippen molar-refractivity contribution in [2.45, 2.75) is 69.7 Å². The zero-order valence-electron chi connectivity index (χ0n) is 22.9. The summed E-state index contributed by atoms with van der Waals surface area (Å²) in [6.45, 7) is 5.64. The Morgan fingerprint density at radius 2 is 1.27 bits per heavy atom. The Balaban J connectivity index is 1.08. The number of hydrogen-bond acceptors (Lipinski definition) is 8. The van der Waals surface area contributed by atoms with Gasteiger partial charge in [0, 0.05) is 50.5 Å². The Morgan fingerprint density at radius 1 is 0.725 bits per heavy atom. The van der Waals surface area contributed by atoms with E-state index >= 15 is 0 Å². The van der Waals surface area contributed by atoms with Crippen molar-refractivity contribution in [3.8, 4) is 5.75 Å². The quantitative estimate of drug-likeness (QED) is 0.493. The number of piperazine rings is 1. The smallest absolute Gasteiger partial charge is 0.406 e. The van der Waals surface area contributed by atoms with Crippen LogP contribution in [-0.2, 0) is 0 Å². The van der Waals surface area contributed by atoms with E-state index in [4.69, 9.17) is 15.0 Å². The van der Waals surface area contributed by atoms with E-state index < -0.39 is 6.36 Å². The molecule has 216 valence electrons. The van der Waals surface area contributed by atoms with Gasteiger partial charge in [-0.1, -0.05) is 0 Å². The van der Waals surface area contributed by atoms with Gasteiger partial charge in [0.05, 0.1) is 0 Å². The van der Waals surface area contributed by atoms with E-state index in [-0.39, 0.29) is 5.75 Å². The average Bonchev–Trinajstić information content (AvgIpc) is 2.93. The van der Waals surface area contributed by atoms with Crippen LogP contribution in [0.2, 0.25) is 0 Å². The summed E-state index contributed by atoms with van der Waals surface area (Å²) in [4.78, 5) is 21.7. The maximum absolute atomic E-state index is 12.6. The highest BCUT2D eigenvalue weighted by Gasteiger charge is 2.53. The number of benzene rings is 1. The zero-order chi connectivity index (χ0) is 27.3. The Morgan fingerprint density at radius 3 is 1.82 bits per heavy atom. The number of rotatable bonds is 6. The van der Waals surface area contributed by atoms with E-state index in [1.165, 1.54) is 69.2 Å². The van der Waals surface area contributed by atoms with Crippen molar-refractivity contribution in [3.63, 3.8) is 0 Å². The van der Waals surface area contributed by atoms with Crippen molar-refractivity contribution >= 4 is 23.5 Å². The van der Waals surface area contributed by atoms with Crippen molar-refractivity contribution < 1.29 is 17.9 Å². The van der Waals surface area contributed by atoms with E-state index in [2.05, 4.69) is 24.8 Å². The van der Waals surface area contributed by atoms with E-state index in [0.29, 0.717) is 29.1 Å².